The third-order valence-electron chi connectivity index (χ3n) is 2.98. The first kappa shape index (κ1) is 14.2. The first-order chi connectivity index (χ1) is 9.56. The molecule has 0 saturated carbocycles. The predicted molar refractivity (Wildman–Crippen MR) is 87.9 cm³/mol. The minimum Gasteiger partial charge on any atom is -0.321 e. The van der Waals surface area contributed by atoms with Crippen LogP contribution >= 0.6 is 45.5 Å². The fourth-order valence-corrected chi connectivity index (χ4v) is 3.25. The van der Waals surface area contributed by atoms with Crippen LogP contribution in [0.2, 0.25) is 0 Å². The van der Waals surface area contributed by atoms with Crippen LogP contribution in [0.1, 0.15) is 23.8 Å². The van der Waals surface area contributed by atoms with Gasteiger partial charge in [-0.2, -0.15) is 0 Å². The molecule has 0 spiro atoms. The Morgan fingerprint density at radius 2 is 2.30 bits per heavy atom. The van der Waals surface area contributed by atoms with Gasteiger partial charge in [-0.3, -0.25) is 0 Å². The van der Waals surface area contributed by atoms with Gasteiger partial charge in [-0.15, -0.1) is 22.9 Å². The van der Waals surface area contributed by atoms with Crippen molar-refractivity contribution in [2.24, 2.45) is 0 Å². The number of fused-ring (bicyclic) bond motifs is 1. The maximum Gasteiger partial charge on any atom is 0.138 e. The Kier molecular flexibility index (Phi) is 3.96. The second kappa shape index (κ2) is 5.57. The SMILES string of the molecule is CC(Cl)c1nc2cc(I)c(F)cc2n1Cc1cscn1. The van der Waals surface area contributed by atoms with Gasteiger partial charge in [-0.25, -0.2) is 14.4 Å². The minimum absolute atomic E-state index is 0.244. The van der Waals surface area contributed by atoms with Crippen LogP contribution in [0.5, 0.6) is 0 Å². The van der Waals surface area contributed by atoms with Gasteiger partial charge < -0.3 is 4.57 Å². The normalized spacial score (nSPS) is 13.0. The smallest absolute Gasteiger partial charge is 0.138 e. The largest absolute Gasteiger partial charge is 0.321 e. The van der Waals surface area contributed by atoms with Crippen molar-refractivity contribution in [2.45, 2.75) is 18.8 Å². The number of alkyl halides is 1. The Morgan fingerprint density at radius 1 is 1.50 bits per heavy atom. The lowest BCUT2D eigenvalue weighted by Gasteiger charge is -2.09. The van der Waals surface area contributed by atoms with Crippen LogP contribution in [-0.4, -0.2) is 14.5 Å². The quantitative estimate of drug-likeness (QED) is 0.458. The van der Waals surface area contributed by atoms with Gasteiger partial charge in [0, 0.05) is 11.4 Å². The first-order valence-corrected chi connectivity index (χ1v) is 8.38. The monoisotopic (exact) mass is 421 g/mol. The van der Waals surface area contributed by atoms with Crippen molar-refractivity contribution in [1.82, 2.24) is 14.5 Å². The molecule has 1 atom stereocenters. The van der Waals surface area contributed by atoms with Crippen molar-refractivity contribution in [1.29, 1.82) is 0 Å². The third kappa shape index (κ3) is 2.56. The third-order valence-corrected chi connectivity index (χ3v) is 4.64. The molecule has 7 heteroatoms. The van der Waals surface area contributed by atoms with Crippen LogP contribution in [0.15, 0.2) is 23.0 Å². The van der Waals surface area contributed by atoms with E-state index in [1.807, 2.05) is 39.5 Å². The van der Waals surface area contributed by atoms with E-state index in [2.05, 4.69) is 9.97 Å². The van der Waals surface area contributed by atoms with Gasteiger partial charge in [-0.05, 0) is 35.6 Å². The van der Waals surface area contributed by atoms with Gasteiger partial charge in [0.05, 0.1) is 37.7 Å². The number of aromatic nitrogens is 3. The number of hydrogen-bond acceptors (Lipinski definition) is 3. The topological polar surface area (TPSA) is 30.7 Å². The van der Waals surface area contributed by atoms with Gasteiger partial charge >= 0.3 is 0 Å². The van der Waals surface area contributed by atoms with Crippen molar-refractivity contribution < 1.29 is 4.39 Å². The van der Waals surface area contributed by atoms with Gasteiger partial charge in [-0.1, -0.05) is 0 Å². The van der Waals surface area contributed by atoms with Crippen LogP contribution in [-0.2, 0) is 6.54 Å². The van der Waals surface area contributed by atoms with Gasteiger partial charge in [0.1, 0.15) is 11.6 Å². The molecule has 2 heterocycles. The summed E-state index contributed by atoms with van der Waals surface area (Å²) in [5.41, 5.74) is 4.21. The molecule has 0 aliphatic heterocycles. The molecule has 0 fully saturated rings. The van der Waals surface area contributed by atoms with Crippen LogP contribution in [0.25, 0.3) is 11.0 Å². The highest BCUT2D eigenvalue weighted by atomic mass is 127. The van der Waals surface area contributed by atoms with E-state index in [4.69, 9.17) is 11.6 Å². The average Bonchev–Trinajstić information content (AvgIpc) is 3.00. The van der Waals surface area contributed by atoms with E-state index in [9.17, 15) is 4.39 Å². The molecule has 3 rings (SSSR count). The summed E-state index contributed by atoms with van der Waals surface area (Å²) in [6.45, 7) is 2.41. The molecule has 3 aromatic rings. The number of halogens is 3. The fraction of sp³-hybridized carbons (Fsp3) is 0.231. The second-order valence-corrected chi connectivity index (χ2v) is 6.94. The maximum atomic E-state index is 13.8. The summed E-state index contributed by atoms with van der Waals surface area (Å²) in [6, 6.07) is 3.25. The Morgan fingerprint density at radius 3 is 2.95 bits per heavy atom. The first-order valence-electron chi connectivity index (χ1n) is 5.92. The lowest BCUT2D eigenvalue weighted by atomic mass is 10.3. The number of imidazole rings is 1. The number of hydrogen-bond donors (Lipinski definition) is 0. The van der Waals surface area contributed by atoms with Crippen molar-refractivity contribution in [3.8, 4) is 0 Å². The molecule has 20 heavy (non-hydrogen) atoms. The Labute approximate surface area is 137 Å². The van der Waals surface area contributed by atoms with Crippen LogP contribution in [0.4, 0.5) is 4.39 Å². The van der Waals surface area contributed by atoms with E-state index < -0.39 is 0 Å². The summed E-state index contributed by atoms with van der Waals surface area (Å²) >= 11 is 9.70. The molecule has 1 aromatic carbocycles. The summed E-state index contributed by atoms with van der Waals surface area (Å²) < 4.78 is 16.3. The Balaban J connectivity index is 2.20. The van der Waals surface area contributed by atoms with Gasteiger partial charge in [0.25, 0.3) is 0 Å². The maximum absolute atomic E-state index is 13.8. The Hall–Kier alpha value is -0.730. The molecule has 0 bridgehead atoms. The molecule has 0 amide bonds. The summed E-state index contributed by atoms with van der Waals surface area (Å²) in [7, 11) is 0. The fourth-order valence-electron chi connectivity index (χ4n) is 2.09. The predicted octanol–water partition coefficient (Wildman–Crippen LogP) is 4.58. The van der Waals surface area contributed by atoms with Crippen LogP contribution < -0.4 is 0 Å². The zero-order valence-electron chi connectivity index (χ0n) is 10.5. The zero-order chi connectivity index (χ0) is 14.3. The van der Waals surface area contributed by atoms with Crippen molar-refractivity contribution in [3.05, 3.63) is 43.9 Å². The lowest BCUT2D eigenvalue weighted by Crippen LogP contribution is -2.06. The zero-order valence-corrected chi connectivity index (χ0v) is 14.2. The summed E-state index contributed by atoms with van der Waals surface area (Å²) in [5.74, 6) is 0.488. The average molecular weight is 422 g/mol. The molecule has 3 nitrogen and oxygen atoms in total. The van der Waals surface area contributed by atoms with Crippen molar-refractivity contribution in [2.75, 3.05) is 0 Å². The molecule has 104 valence electrons. The molecule has 0 aliphatic rings. The highest BCUT2D eigenvalue weighted by Crippen LogP contribution is 2.27. The Bertz CT molecular complexity index is 755. The van der Waals surface area contributed by atoms with E-state index in [0.717, 1.165) is 22.6 Å². The van der Waals surface area contributed by atoms with Crippen LogP contribution in [0.3, 0.4) is 0 Å². The molecular weight excluding hydrogens is 412 g/mol. The second-order valence-electron chi connectivity index (χ2n) is 4.41. The summed E-state index contributed by atoms with van der Waals surface area (Å²) in [5, 5.41) is 1.72. The number of nitrogens with zero attached hydrogens (tertiary/aromatic N) is 3. The van der Waals surface area contributed by atoms with E-state index in [0.29, 0.717) is 10.1 Å². The highest BCUT2D eigenvalue weighted by Gasteiger charge is 2.17. The van der Waals surface area contributed by atoms with Crippen molar-refractivity contribution in [3.63, 3.8) is 0 Å². The van der Waals surface area contributed by atoms with Crippen molar-refractivity contribution >= 4 is 56.6 Å². The van der Waals surface area contributed by atoms with E-state index >= 15 is 0 Å². The molecule has 0 saturated heterocycles. The summed E-state index contributed by atoms with van der Waals surface area (Å²) in [4.78, 5) is 8.80. The summed E-state index contributed by atoms with van der Waals surface area (Å²) in [6.07, 6.45) is 0. The number of thiazole rings is 1. The minimum atomic E-state index is -0.248. The highest BCUT2D eigenvalue weighted by molar-refractivity contribution is 14.1. The van der Waals surface area contributed by atoms with E-state index in [-0.39, 0.29) is 11.2 Å². The van der Waals surface area contributed by atoms with E-state index in [1.165, 1.54) is 17.4 Å². The van der Waals surface area contributed by atoms with Gasteiger partial charge in [0.2, 0.25) is 0 Å². The number of benzene rings is 1. The van der Waals surface area contributed by atoms with E-state index in [1.54, 1.807) is 11.6 Å². The molecular formula is C13H10ClFIN3S. The molecule has 0 aliphatic carbocycles. The van der Waals surface area contributed by atoms with Gasteiger partial charge in [0.15, 0.2) is 0 Å². The lowest BCUT2D eigenvalue weighted by molar-refractivity contribution is 0.620. The number of rotatable bonds is 3. The molecule has 1 unspecified atom stereocenters. The molecule has 0 radical (unpaired) electrons. The molecule has 2 aromatic heterocycles. The standard InChI is InChI=1S/C13H10ClFIN3S/c1-7(14)13-18-11-3-10(16)9(15)2-12(11)19(13)4-8-5-20-6-17-8/h2-3,5-7H,4H2,1H3. The van der Waals surface area contributed by atoms with Crippen LogP contribution in [0, 0.1) is 9.39 Å². The molecule has 0 N–H and O–H groups in total.